The highest BCUT2D eigenvalue weighted by Gasteiger charge is 2.18. The van der Waals surface area contributed by atoms with Crippen LogP contribution >= 0.6 is 0 Å². The van der Waals surface area contributed by atoms with Crippen LogP contribution in [0.1, 0.15) is 37.1 Å². The molecule has 2 aliphatic rings. The summed E-state index contributed by atoms with van der Waals surface area (Å²) in [6.07, 6.45) is 9.91. The predicted octanol–water partition coefficient (Wildman–Crippen LogP) is 1.76. The highest BCUT2D eigenvalue weighted by atomic mass is 15.1. The van der Waals surface area contributed by atoms with Crippen LogP contribution in [0.4, 0.5) is 0 Å². The Bertz CT molecular complexity index is 350. The van der Waals surface area contributed by atoms with Crippen molar-refractivity contribution in [2.45, 2.75) is 45.1 Å². The third-order valence-corrected chi connectivity index (χ3v) is 3.96. The van der Waals surface area contributed by atoms with E-state index in [2.05, 4.69) is 21.2 Å². The minimum Gasteiger partial charge on any atom is -0.334 e. The average Bonchev–Trinajstić information content (AvgIpc) is 2.74. The van der Waals surface area contributed by atoms with Crippen LogP contribution in [0.15, 0.2) is 6.33 Å². The number of hydrogen-bond donors (Lipinski definition) is 1. The molecule has 1 unspecified atom stereocenters. The van der Waals surface area contributed by atoms with Gasteiger partial charge >= 0.3 is 0 Å². The van der Waals surface area contributed by atoms with E-state index < -0.39 is 0 Å². The average molecular weight is 219 g/mol. The fraction of sp³-hybridized carbons (Fsp3) is 0.769. The number of piperidine rings is 1. The molecule has 1 saturated heterocycles. The molecule has 2 heterocycles. The maximum absolute atomic E-state index is 4.56. The Morgan fingerprint density at radius 2 is 2.25 bits per heavy atom. The van der Waals surface area contributed by atoms with Gasteiger partial charge in [-0.1, -0.05) is 0 Å². The minimum atomic E-state index is 0.814. The third kappa shape index (κ3) is 2.01. The maximum Gasteiger partial charge on any atom is 0.0951 e. The predicted molar refractivity (Wildman–Crippen MR) is 64.5 cm³/mol. The topological polar surface area (TPSA) is 29.9 Å². The van der Waals surface area contributed by atoms with Gasteiger partial charge in [0.25, 0.3) is 0 Å². The molecule has 0 radical (unpaired) electrons. The SMILES string of the molecule is c1nc2c(n1CC1CCCNC1)CCCC2. The first-order chi connectivity index (χ1) is 7.93. The van der Waals surface area contributed by atoms with Crippen molar-refractivity contribution in [2.75, 3.05) is 13.1 Å². The van der Waals surface area contributed by atoms with E-state index >= 15 is 0 Å². The molecule has 1 aromatic rings. The van der Waals surface area contributed by atoms with Crippen molar-refractivity contribution in [1.82, 2.24) is 14.9 Å². The summed E-state index contributed by atoms with van der Waals surface area (Å²) in [7, 11) is 0. The van der Waals surface area contributed by atoms with Crippen LogP contribution in [-0.4, -0.2) is 22.6 Å². The fourth-order valence-corrected chi connectivity index (χ4v) is 3.05. The van der Waals surface area contributed by atoms with Crippen LogP contribution in [-0.2, 0) is 19.4 Å². The molecular weight excluding hydrogens is 198 g/mol. The number of aryl methyl sites for hydroxylation is 1. The van der Waals surface area contributed by atoms with Gasteiger partial charge in [0, 0.05) is 12.2 Å². The van der Waals surface area contributed by atoms with E-state index in [0.717, 1.165) is 5.92 Å². The van der Waals surface area contributed by atoms with Crippen molar-refractivity contribution in [1.29, 1.82) is 0 Å². The first kappa shape index (κ1) is 10.3. The molecule has 1 N–H and O–H groups in total. The zero-order valence-electron chi connectivity index (χ0n) is 9.91. The number of rotatable bonds is 2. The number of nitrogens with zero attached hydrogens (tertiary/aromatic N) is 2. The Balaban J connectivity index is 1.71. The fourth-order valence-electron chi connectivity index (χ4n) is 3.05. The highest BCUT2D eigenvalue weighted by molar-refractivity contribution is 5.16. The molecule has 1 atom stereocenters. The van der Waals surface area contributed by atoms with Crippen molar-refractivity contribution < 1.29 is 0 Å². The van der Waals surface area contributed by atoms with Crippen molar-refractivity contribution in [3.8, 4) is 0 Å². The second kappa shape index (κ2) is 4.58. The molecule has 0 aromatic carbocycles. The zero-order chi connectivity index (χ0) is 10.8. The lowest BCUT2D eigenvalue weighted by Crippen LogP contribution is -2.32. The summed E-state index contributed by atoms with van der Waals surface area (Å²) in [5, 5.41) is 3.49. The van der Waals surface area contributed by atoms with E-state index in [1.165, 1.54) is 69.5 Å². The molecule has 0 amide bonds. The summed E-state index contributed by atoms with van der Waals surface area (Å²) in [6.45, 7) is 3.57. The number of fused-ring (bicyclic) bond motifs is 1. The number of hydrogen-bond acceptors (Lipinski definition) is 2. The minimum absolute atomic E-state index is 0.814. The standard InChI is InChI=1S/C13H21N3/c1-2-6-13-12(5-1)15-10-16(13)9-11-4-3-7-14-8-11/h10-11,14H,1-9H2. The van der Waals surface area contributed by atoms with Gasteiger partial charge in [-0.2, -0.15) is 0 Å². The van der Waals surface area contributed by atoms with E-state index in [4.69, 9.17) is 0 Å². The van der Waals surface area contributed by atoms with Crippen LogP contribution in [0.5, 0.6) is 0 Å². The summed E-state index contributed by atoms with van der Waals surface area (Å²) in [6, 6.07) is 0. The molecule has 1 aliphatic carbocycles. The zero-order valence-corrected chi connectivity index (χ0v) is 9.91. The van der Waals surface area contributed by atoms with Crippen molar-refractivity contribution >= 4 is 0 Å². The van der Waals surface area contributed by atoms with E-state index in [1.54, 1.807) is 0 Å². The lowest BCUT2D eigenvalue weighted by molar-refractivity contribution is 0.333. The van der Waals surface area contributed by atoms with Crippen LogP contribution in [0.3, 0.4) is 0 Å². The lowest BCUT2D eigenvalue weighted by Gasteiger charge is -2.24. The molecule has 0 spiro atoms. The first-order valence-corrected chi connectivity index (χ1v) is 6.67. The van der Waals surface area contributed by atoms with Crippen molar-refractivity contribution in [2.24, 2.45) is 5.92 Å². The Morgan fingerprint density at radius 1 is 1.31 bits per heavy atom. The smallest absolute Gasteiger partial charge is 0.0951 e. The van der Waals surface area contributed by atoms with E-state index in [9.17, 15) is 0 Å². The van der Waals surface area contributed by atoms with Crippen LogP contribution < -0.4 is 5.32 Å². The van der Waals surface area contributed by atoms with Crippen molar-refractivity contribution in [3.63, 3.8) is 0 Å². The van der Waals surface area contributed by atoms with Gasteiger partial charge in [0.2, 0.25) is 0 Å². The molecule has 88 valence electrons. The van der Waals surface area contributed by atoms with Gasteiger partial charge in [0.05, 0.1) is 12.0 Å². The third-order valence-electron chi connectivity index (χ3n) is 3.96. The Labute approximate surface area is 97.3 Å². The van der Waals surface area contributed by atoms with Gasteiger partial charge in [-0.25, -0.2) is 4.98 Å². The molecule has 0 bridgehead atoms. The summed E-state index contributed by atoms with van der Waals surface area (Å²) in [5.41, 5.74) is 2.90. The number of imidazole rings is 1. The summed E-state index contributed by atoms with van der Waals surface area (Å²) in [4.78, 5) is 4.56. The molecule has 1 aromatic heterocycles. The van der Waals surface area contributed by atoms with Crippen molar-refractivity contribution in [3.05, 3.63) is 17.7 Å². The van der Waals surface area contributed by atoms with Gasteiger partial charge in [0.15, 0.2) is 0 Å². The largest absolute Gasteiger partial charge is 0.334 e. The number of nitrogens with one attached hydrogen (secondary N) is 1. The summed E-state index contributed by atoms with van der Waals surface area (Å²) in [5.74, 6) is 0.814. The maximum atomic E-state index is 4.56. The Morgan fingerprint density at radius 3 is 3.12 bits per heavy atom. The van der Waals surface area contributed by atoms with Crippen LogP contribution in [0.25, 0.3) is 0 Å². The quantitative estimate of drug-likeness (QED) is 0.821. The monoisotopic (exact) mass is 219 g/mol. The summed E-state index contributed by atoms with van der Waals surface area (Å²) >= 11 is 0. The molecule has 3 rings (SSSR count). The molecule has 0 saturated carbocycles. The molecule has 3 heteroatoms. The van der Waals surface area contributed by atoms with Gasteiger partial charge in [-0.15, -0.1) is 0 Å². The first-order valence-electron chi connectivity index (χ1n) is 6.67. The van der Waals surface area contributed by atoms with E-state index in [1.807, 2.05) is 0 Å². The molecular formula is C13H21N3. The van der Waals surface area contributed by atoms with Crippen LogP contribution in [0.2, 0.25) is 0 Å². The van der Waals surface area contributed by atoms with Gasteiger partial charge < -0.3 is 9.88 Å². The molecule has 1 aliphatic heterocycles. The van der Waals surface area contributed by atoms with Gasteiger partial charge in [-0.3, -0.25) is 0 Å². The van der Waals surface area contributed by atoms with E-state index in [-0.39, 0.29) is 0 Å². The normalized spacial score (nSPS) is 25.4. The molecule has 3 nitrogen and oxygen atoms in total. The Hall–Kier alpha value is -0.830. The van der Waals surface area contributed by atoms with Gasteiger partial charge in [0.1, 0.15) is 0 Å². The second-order valence-corrected chi connectivity index (χ2v) is 5.21. The summed E-state index contributed by atoms with van der Waals surface area (Å²) < 4.78 is 2.42. The molecule has 1 fully saturated rings. The highest BCUT2D eigenvalue weighted by Crippen LogP contribution is 2.22. The van der Waals surface area contributed by atoms with Gasteiger partial charge in [-0.05, 0) is 57.5 Å². The number of aromatic nitrogens is 2. The lowest BCUT2D eigenvalue weighted by atomic mass is 9.98. The second-order valence-electron chi connectivity index (χ2n) is 5.21. The molecule has 16 heavy (non-hydrogen) atoms. The van der Waals surface area contributed by atoms with E-state index in [0.29, 0.717) is 0 Å². The van der Waals surface area contributed by atoms with Crippen LogP contribution in [0, 0.1) is 5.92 Å². The Kier molecular flexibility index (Phi) is 2.96.